The molecule has 0 bridgehead atoms. The monoisotopic (exact) mass is 232 g/mol. The molecule has 0 atom stereocenters. The molecule has 0 aliphatic rings. The van der Waals surface area contributed by atoms with Gasteiger partial charge in [-0.1, -0.05) is 45.1 Å². The van der Waals surface area contributed by atoms with Gasteiger partial charge in [0.05, 0.1) is 6.61 Å². The van der Waals surface area contributed by atoms with Crippen molar-refractivity contribution < 1.29 is 4.74 Å². The minimum atomic E-state index is 0.511. The van der Waals surface area contributed by atoms with Crippen LogP contribution in [0.1, 0.15) is 50.7 Å². The summed E-state index contributed by atoms with van der Waals surface area (Å²) in [6.07, 6.45) is 6.45. The molecule has 0 aromatic heterocycles. The van der Waals surface area contributed by atoms with Gasteiger partial charge in [-0.2, -0.15) is 0 Å². The summed E-state index contributed by atoms with van der Waals surface area (Å²) in [6.45, 7) is 9.42. The van der Waals surface area contributed by atoms with Crippen molar-refractivity contribution in [2.75, 3.05) is 6.61 Å². The Balaban J connectivity index is 2.62. The van der Waals surface area contributed by atoms with Crippen LogP contribution < -0.4 is 4.74 Å². The smallest absolute Gasteiger partial charge is 0.123 e. The largest absolute Gasteiger partial charge is 0.493 e. The van der Waals surface area contributed by atoms with Crippen LogP contribution >= 0.6 is 0 Å². The quantitative estimate of drug-likeness (QED) is 0.503. The molecule has 0 amide bonds. The molecule has 17 heavy (non-hydrogen) atoms. The summed E-state index contributed by atoms with van der Waals surface area (Å²) in [4.78, 5) is 0. The van der Waals surface area contributed by atoms with Crippen LogP contribution in [0, 0.1) is 6.92 Å². The molecule has 1 heteroatoms. The van der Waals surface area contributed by atoms with E-state index in [1.54, 1.807) is 0 Å². The maximum atomic E-state index is 5.87. The molecule has 0 heterocycles. The van der Waals surface area contributed by atoms with Crippen molar-refractivity contribution in [3.8, 4) is 5.75 Å². The first-order chi connectivity index (χ1) is 8.15. The van der Waals surface area contributed by atoms with Crippen molar-refractivity contribution in [1.29, 1.82) is 0 Å². The molecular weight excluding hydrogens is 208 g/mol. The fourth-order valence-corrected chi connectivity index (χ4v) is 1.76. The standard InChI is InChI=1S/C16H24O/c1-5-6-7-8-11-17-16-12-14(4)9-10-15(16)13(2)3/h6-7,9-10,12-13H,5,8,11H2,1-4H3. The Morgan fingerprint density at radius 1 is 1.24 bits per heavy atom. The van der Waals surface area contributed by atoms with Gasteiger partial charge < -0.3 is 4.74 Å². The summed E-state index contributed by atoms with van der Waals surface area (Å²) in [5.74, 6) is 1.56. The maximum absolute atomic E-state index is 5.87. The van der Waals surface area contributed by atoms with Gasteiger partial charge in [-0.05, 0) is 42.9 Å². The van der Waals surface area contributed by atoms with Crippen LogP contribution in [0.4, 0.5) is 0 Å². The Labute approximate surface area is 106 Å². The molecule has 0 saturated heterocycles. The number of hydrogen-bond donors (Lipinski definition) is 0. The number of benzene rings is 1. The van der Waals surface area contributed by atoms with Gasteiger partial charge in [0.1, 0.15) is 5.75 Å². The maximum Gasteiger partial charge on any atom is 0.123 e. The first kappa shape index (κ1) is 13.8. The van der Waals surface area contributed by atoms with E-state index in [9.17, 15) is 0 Å². The molecule has 0 aliphatic carbocycles. The highest BCUT2D eigenvalue weighted by atomic mass is 16.5. The van der Waals surface area contributed by atoms with Crippen molar-refractivity contribution in [1.82, 2.24) is 0 Å². The second kappa shape index (κ2) is 7.16. The van der Waals surface area contributed by atoms with Gasteiger partial charge in [-0.3, -0.25) is 0 Å². The molecule has 0 unspecified atom stereocenters. The summed E-state index contributed by atoms with van der Waals surface area (Å²) in [6, 6.07) is 6.47. The summed E-state index contributed by atoms with van der Waals surface area (Å²) in [5, 5.41) is 0. The van der Waals surface area contributed by atoms with E-state index in [0.29, 0.717) is 5.92 Å². The summed E-state index contributed by atoms with van der Waals surface area (Å²) >= 11 is 0. The van der Waals surface area contributed by atoms with Gasteiger partial charge in [0.15, 0.2) is 0 Å². The van der Waals surface area contributed by atoms with Crippen LogP contribution in [-0.4, -0.2) is 6.61 Å². The van der Waals surface area contributed by atoms with Gasteiger partial charge >= 0.3 is 0 Å². The molecule has 0 fully saturated rings. The van der Waals surface area contributed by atoms with Crippen molar-refractivity contribution in [2.24, 2.45) is 0 Å². The van der Waals surface area contributed by atoms with Crippen LogP contribution in [0.5, 0.6) is 5.75 Å². The number of hydrogen-bond acceptors (Lipinski definition) is 1. The van der Waals surface area contributed by atoms with Crippen LogP contribution in [0.15, 0.2) is 30.4 Å². The van der Waals surface area contributed by atoms with Crippen LogP contribution in [0.2, 0.25) is 0 Å². The number of rotatable bonds is 6. The molecular formula is C16H24O. The molecule has 0 spiro atoms. The average molecular weight is 232 g/mol. The van der Waals surface area contributed by atoms with E-state index >= 15 is 0 Å². The normalized spacial score (nSPS) is 11.4. The van der Waals surface area contributed by atoms with Crippen molar-refractivity contribution >= 4 is 0 Å². The third-order valence-electron chi connectivity index (χ3n) is 2.74. The molecule has 1 rings (SSSR count). The third-order valence-corrected chi connectivity index (χ3v) is 2.74. The van der Waals surface area contributed by atoms with Crippen LogP contribution in [0.25, 0.3) is 0 Å². The zero-order chi connectivity index (χ0) is 12.7. The van der Waals surface area contributed by atoms with E-state index in [1.165, 1.54) is 11.1 Å². The highest BCUT2D eigenvalue weighted by Gasteiger charge is 2.07. The second-order valence-corrected chi connectivity index (χ2v) is 4.71. The fourth-order valence-electron chi connectivity index (χ4n) is 1.76. The molecule has 94 valence electrons. The summed E-state index contributed by atoms with van der Waals surface area (Å²) < 4.78 is 5.87. The molecule has 1 nitrogen and oxygen atoms in total. The van der Waals surface area contributed by atoms with Gasteiger partial charge in [-0.15, -0.1) is 0 Å². The van der Waals surface area contributed by atoms with E-state index in [2.05, 4.69) is 58.0 Å². The molecule has 1 aromatic rings. The van der Waals surface area contributed by atoms with Crippen LogP contribution in [-0.2, 0) is 0 Å². The van der Waals surface area contributed by atoms with E-state index in [4.69, 9.17) is 4.74 Å². The number of ether oxygens (including phenoxy) is 1. The Morgan fingerprint density at radius 2 is 2.00 bits per heavy atom. The number of allylic oxidation sites excluding steroid dienone is 1. The highest BCUT2D eigenvalue weighted by Crippen LogP contribution is 2.27. The summed E-state index contributed by atoms with van der Waals surface area (Å²) in [5.41, 5.74) is 2.56. The summed E-state index contributed by atoms with van der Waals surface area (Å²) in [7, 11) is 0. The van der Waals surface area contributed by atoms with E-state index in [-0.39, 0.29) is 0 Å². The minimum absolute atomic E-state index is 0.511. The Kier molecular flexibility index (Phi) is 5.82. The molecule has 0 radical (unpaired) electrons. The Morgan fingerprint density at radius 3 is 2.65 bits per heavy atom. The van der Waals surface area contributed by atoms with Crippen molar-refractivity contribution in [3.05, 3.63) is 41.5 Å². The minimum Gasteiger partial charge on any atom is -0.493 e. The van der Waals surface area contributed by atoms with Crippen LogP contribution in [0.3, 0.4) is 0 Å². The predicted molar refractivity (Wildman–Crippen MR) is 74.8 cm³/mol. The lowest BCUT2D eigenvalue weighted by atomic mass is 10.0. The molecule has 0 saturated carbocycles. The Hall–Kier alpha value is -1.24. The first-order valence-corrected chi connectivity index (χ1v) is 6.53. The lowest BCUT2D eigenvalue weighted by molar-refractivity contribution is 0.320. The second-order valence-electron chi connectivity index (χ2n) is 4.71. The van der Waals surface area contributed by atoms with E-state index < -0.39 is 0 Å². The van der Waals surface area contributed by atoms with Gasteiger partial charge in [0.2, 0.25) is 0 Å². The van der Waals surface area contributed by atoms with Gasteiger partial charge in [-0.25, -0.2) is 0 Å². The van der Waals surface area contributed by atoms with Crippen molar-refractivity contribution in [3.63, 3.8) is 0 Å². The predicted octanol–water partition coefficient (Wildman–Crippen LogP) is 4.85. The molecule has 0 N–H and O–H groups in total. The lowest BCUT2D eigenvalue weighted by Gasteiger charge is -2.14. The zero-order valence-corrected chi connectivity index (χ0v) is 11.5. The molecule has 1 aromatic carbocycles. The SMILES string of the molecule is CCC=CCCOc1cc(C)ccc1C(C)C. The van der Waals surface area contributed by atoms with Gasteiger partial charge in [0.25, 0.3) is 0 Å². The van der Waals surface area contributed by atoms with E-state index in [0.717, 1.165) is 25.2 Å². The third kappa shape index (κ3) is 4.64. The fraction of sp³-hybridized carbons (Fsp3) is 0.500. The first-order valence-electron chi connectivity index (χ1n) is 6.53. The zero-order valence-electron chi connectivity index (χ0n) is 11.5. The highest BCUT2D eigenvalue weighted by molar-refractivity contribution is 5.39. The van der Waals surface area contributed by atoms with Crippen molar-refractivity contribution in [2.45, 2.75) is 46.5 Å². The average Bonchev–Trinajstić information content (AvgIpc) is 2.28. The number of aryl methyl sites for hydroxylation is 1. The lowest BCUT2D eigenvalue weighted by Crippen LogP contribution is -2.00. The van der Waals surface area contributed by atoms with E-state index in [1.807, 2.05) is 0 Å². The van der Waals surface area contributed by atoms with Gasteiger partial charge in [0, 0.05) is 0 Å². The molecule has 0 aliphatic heterocycles. The topological polar surface area (TPSA) is 9.23 Å². The Bertz CT molecular complexity index is 364.